The third-order valence-electron chi connectivity index (χ3n) is 2.58. The van der Waals surface area contributed by atoms with Crippen molar-refractivity contribution < 1.29 is 14.0 Å². The Morgan fingerprint density at radius 1 is 1.42 bits per heavy atom. The summed E-state index contributed by atoms with van der Waals surface area (Å²) in [5.74, 6) is -1.33. The summed E-state index contributed by atoms with van der Waals surface area (Å²) in [6, 6.07) is 4.00. The monoisotopic (exact) mass is 330 g/mol. The van der Waals surface area contributed by atoms with Crippen LogP contribution in [0, 0.1) is 5.82 Å². The molecule has 0 atom stereocenters. The summed E-state index contributed by atoms with van der Waals surface area (Å²) in [5.41, 5.74) is 5.46. The Morgan fingerprint density at radius 3 is 2.63 bits per heavy atom. The molecular weight excluding hydrogens is 315 g/mol. The molecule has 1 aromatic rings. The van der Waals surface area contributed by atoms with Crippen molar-refractivity contribution in [1.29, 1.82) is 0 Å². The van der Waals surface area contributed by atoms with E-state index in [0.29, 0.717) is 12.1 Å². The lowest BCUT2D eigenvalue weighted by Gasteiger charge is -2.21. The molecule has 0 aliphatic heterocycles. The molecule has 4 nitrogen and oxygen atoms in total. The number of halogens is 2. The number of hydrogen-bond donors (Lipinski definition) is 1. The van der Waals surface area contributed by atoms with E-state index in [4.69, 9.17) is 5.73 Å². The average Bonchev–Trinajstić information content (AvgIpc) is 2.36. The molecule has 0 aliphatic rings. The first kappa shape index (κ1) is 15.6. The molecule has 2 amide bonds. The summed E-state index contributed by atoms with van der Waals surface area (Å²) in [6.07, 6.45) is 1.68. The van der Waals surface area contributed by atoms with Gasteiger partial charge in [-0.25, -0.2) is 4.39 Å². The number of primary amides is 1. The Morgan fingerprint density at radius 2 is 2.11 bits per heavy atom. The molecule has 0 aliphatic carbocycles. The third-order valence-corrected chi connectivity index (χ3v) is 3.19. The zero-order valence-electron chi connectivity index (χ0n) is 10.7. The van der Waals surface area contributed by atoms with E-state index in [9.17, 15) is 14.0 Å². The summed E-state index contributed by atoms with van der Waals surface area (Å²) < 4.78 is 13.3. The van der Waals surface area contributed by atoms with Gasteiger partial charge in [-0.1, -0.05) is 13.3 Å². The molecule has 0 saturated heterocycles. The van der Waals surface area contributed by atoms with Gasteiger partial charge in [0.15, 0.2) is 0 Å². The predicted molar refractivity (Wildman–Crippen MR) is 74.1 cm³/mol. The fourth-order valence-electron chi connectivity index (χ4n) is 1.60. The van der Waals surface area contributed by atoms with Crippen molar-refractivity contribution in [3.05, 3.63) is 34.1 Å². The SMILES string of the molecule is CCCCN(CC(N)=O)C(=O)c1ccc(F)c(Br)c1. The van der Waals surface area contributed by atoms with Gasteiger partial charge in [-0.2, -0.15) is 0 Å². The van der Waals surface area contributed by atoms with E-state index >= 15 is 0 Å². The predicted octanol–water partition coefficient (Wildman–Crippen LogP) is 2.32. The molecule has 0 radical (unpaired) electrons. The van der Waals surface area contributed by atoms with Crippen LogP contribution in [0.1, 0.15) is 30.1 Å². The highest BCUT2D eigenvalue weighted by atomic mass is 79.9. The van der Waals surface area contributed by atoms with Crippen molar-refractivity contribution in [3.8, 4) is 0 Å². The van der Waals surface area contributed by atoms with E-state index in [1.807, 2.05) is 6.92 Å². The molecule has 0 fully saturated rings. The van der Waals surface area contributed by atoms with Crippen LogP contribution in [0.2, 0.25) is 0 Å². The van der Waals surface area contributed by atoms with Crippen molar-refractivity contribution in [2.75, 3.05) is 13.1 Å². The molecule has 0 bridgehead atoms. The Kier molecular flexibility index (Phi) is 5.95. The van der Waals surface area contributed by atoms with Crippen LogP contribution in [0.15, 0.2) is 22.7 Å². The highest BCUT2D eigenvalue weighted by molar-refractivity contribution is 9.10. The molecule has 104 valence electrons. The molecule has 0 aromatic heterocycles. The number of nitrogens with two attached hydrogens (primary N) is 1. The maximum absolute atomic E-state index is 13.1. The summed E-state index contributed by atoms with van der Waals surface area (Å²) in [5, 5.41) is 0. The number of rotatable bonds is 6. The standard InChI is InChI=1S/C13H16BrFN2O2/c1-2-3-6-17(8-12(16)18)13(19)9-4-5-11(15)10(14)7-9/h4-5,7H,2-3,6,8H2,1H3,(H2,16,18). The van der Waals surface area contributed by atoms with Gasteiger partial charge in [0.1, 0.15) is 5.82 Å². The van der Waals surface area contributed by atoms with Crippen LogP contribution in [-0.2, 0) is 4.79 Å². The van der Waals surface area contributed by atoms with Gasteiger partial charge in [0.2, 0.25) is 5.91 Å². The molecule has 0 saturated carbocycles. The molecule has 1 rings (SSSR count). The van der Waals surface area contributed by atoms with Crippen LogP contribution in [0.3, 0.4) is 0 Å². The van der Waals surface area contributed by atoms with E-state index in [2.05, 4.69) is 15.9 Å². The number of hydrogen-bond acceptors (Lipinski definition) is 2. The van der Waals surface area contributed by atoms with E-state index in [0.717, 1.165) is 12.8 Å². The smallest absolute Gasteiger partial charge is 0.254 e. The second kappa shape index (κ2) is 7.23. The van der Waals surface area contributed by atoms with Crippen LogP contribution >= 0.6 is 15.9 Å². The van der Waals surface area contributed by atoms with Crippen molar-refractivity contribution >= 4 is 27.7 Å². The van der Waals surface area contributed by atoms with E-state index in [1.54, 1.807) is 0 Å². The normalized spacial score (nSPS) is 10.3. The third kappa shape index (κ3) is 4.63. The number of nitrogens with zero attached hydrogens (tertiary/aromatic N) is 1. The Labute approximate surface area is 119 Å². The first-order valence-electron chi connectivity index (χ1n) is 5.98. The summed E-state index contributed by atoms with van der Waals surface area (Å²) >= 11 is 3.03. The first-order valence-corrected chi connectivity index (χ1v) is 6.77. The Balaban J connectivity index is 2.90. The highest BCUT2D eigenvalue weighted by Gasteiger charge is 2.18. The Hall–Kier alpha value is -1.43. The minimum Gasteiger partial charge on any atom is -0.368 e. The second-order valence-corrected chi connectivity index (χ2v) is 5.03. The highest BCUT2D eigenvalue weighted by Crippen LogP contribution is 2.18. The number of unbranched alkanes of at least 4 members (excludes halogenated alkanes) is 1. The van der Waals surface area contributed by atoms with Gasteiger partial charge < -0.3 is 10.6 Å². The van der Waals surface area contributed by atoms with Crippen LogP contribution in [0.5, 0.6) is 0 Å². The fourth-order valence-corrected chi connectivity index (χ4v) is 1.98. The van der Waals surface area contributed by atoms with Crippen molar-refractivity contribution in [3.63, 3.8) is 0 Å². The van der Waals surface area contributed by atoms with E-state index in [-0.39, 0.29) is 16.9 Å². The molecule has 0 heterocycles. The van der Waals surface area contributed by atoms with Gasteiger partial charge in [0.25, 0.3) is 5.91 Å². The zero-order valence-corrected chi connectivity index (χ0v) is 12.2. The molecule has 1 aromatic carbocycles. The van der Waals surface area contributed by atoms with Crippen molar-refractivity contribution in [1.82, 2.24) is 4.90 Å². The largest absolute Gasteiger partial charge is 0.368 e. The number of carbonyl (C=O) groups excluding carboxylic acids is 2. The quantitative estimate of drug-likeness (QED) is 0.869. The molecule has 6 heteroatoms. The van der Waals surface area contributed by atoms with Gasteiger partial charge in [0, 0.05) is 12.1 Å². The van der Waals surface area contributed by atoms with Gasteiger partial charge in [0.05, 0.1) is 11.0 Å². The minimum atomic E-state index is -0.564. The molecule has 19 heavy (non-hydrogen) atoms. The van der Waals surface area contributed by atoms with Gasteiger partial charge in [-0.05, 0) is 40.5 Å². The summed E-state index contributed by atoms with van der Waals surface area (Å²) in [6.45, 7) is 2.31. The summed E-state index contributed by atoms with van der Waals surface area (Å²) in [4.78, 5) is 24.6. The van der Waals surface area contributed by atoms with Gasteiger partial charge >= 0.3 is 0 Å². The summed E-state index contributed by atoms with van der Waals surface area (Å²) in [7, 11) is 0. The maximum Gasteiger partial charge on any atom is 0.254 e. The lowest BCUT2D eigenvalue weighted by molar-refractivity contribution is -0.118. The fraction of sp³-hybridized carbons (Fsp3) is 0.385. The lowest BCUT2D eigenvalue weighted by atomic mass is 10.2. The first-order chi connectivity index (χ1) is 8.95. The molecular formula is C13H16BrFN2O2. The minimum absolute atomic E-state index is 0.131. The number of benzene rings is 1. The lowest BCUT2D eigenvalue weighted by Crippen LogP contribution is -2.39. The van der Waals surface area contributed by atoms with Gasteiger partial charge in [-0.3, -0.25) is 9.59 Å². The van der Waals surface area contributed by atoms with Crippen LogP contribution < -0.4 is 5.73 Å². The second-order valence-electron chi connectivity index (χ2n) is 4.18. The van der Waals surface area contributed by atoms with E-state index in [1.165, 1.54) is 23.1 Å². The molecule has 0 unspecified atom stereocenters. The van der Waals surface area contributed by atoms with Gasteiger partial charge in [-0.15, -0.1) is 0 Å². The number of carbonyl (C=O) groups is 2. The maximum atomic E-state index is 13.1. The topological polar surface area (TPSA) is 63.4 Å². The molecule has 2 N–H and O–H groups in total. The Bertz CT molecular complexity index is 480. The van der Waals surface area contributed by atoms with Crippen LogP contribution in [0.4, 0.5) is 4.39 Å². The molecule has 0 spiro atoms. The zero-order chi connectivity index (χ0) is 14.4. The van der Waals surface area contributed by atoms with Crippen molar-refractivity contribution in [2.24, 2.45) is 5.73 Å². The van der Waals surface area contributed by atoms with Crippen LogP contribution in [0.25, 0.3) is 0 Å². The van der Waals surface area contributed by atoms with Crippen LogP contribution in [-0.4, -0.2) is 29.8 Å². The van der Waals surface area contributed by atoms with E-state index < -0.39 is 11.7 Å². The number of amides is 2. The van der Waals surface area contributed by atoms with Crippen molar-refractivity contribution in [2.45, 2.75) is 19.8 Å². The average molecular weight is 331 g/mol.